The third-order valence-corrected chi connectivity index (χ3v) is 3.23. The first-order chi connectivity index (χ1) is 8.69. The summed E-state index contributed by atoms with van der Waals surface area (Å²) in [5, 5.41) is 12.5. The zero-order chi connectivity index (χ0) is 13.0. The van der Waals surface area contributed by atoms with Crippen LogP contribution in [0.3, 0.4) is 0 Å². The molecule has 0 amide bonds. The average Bonchev–Trinajstić information content (AvgIpc) is 2.38. The Morgan fingerprint density at radius 2 is 2.00 bits per heavy atom. The van der Waals surface area contributed by atoms with E-state index in [4.69, 9.17) is 10.9 Å². The van der Waals surface area contributed by atoms with Crippen LogP contribution in [0.1, 0.15) is 11.3 Å². The van der Waals surface area contributed by atoms with E-state index in [1.807, 2.05) is 37.3 Å². The molecule has 0 bridgehead atoms. The summed E-state index contributed by atoms with van der Waals surface area (Å²) < 4.78 is 0. The van der Waals surface area contributed by atoms with Crippen LogP contribution in [0.25, 0.3) is 0 Å². The summed E-state index contributed by atoms with van der Waals surface area (Å²) in [5.41, 5.74) is 7.09. The van der Waals surface area contributed by atoms with Gasteiger partial charge in [-0.15, -0.1) is 0 Å². The molecule has 18 heavy (non-hydrogen) atoms. The number of aromatic nitrogens is 1. The third kappa shape index (κ3) is 3.01. The van der Waals surface area contributed by atoms with Gasteiger partial charge in [-0.1, -0.05) is 35.1 Å². The van der Waals surface area contributed by atoms with Crippen LogP contribution in [0.4, 0.5) is 0 Å². The highest BCUT2D eigenvalue weighted by molar-refractivity contribution is 7.99. The molecule has 0 aliphatic rings. The van der Waals surface area contributed by atoms with E-state index in [2.05, 4.69) is 10.1 Å². The highest BCUT2D eigenvalue weighted by Gasteiger charge is 2.05. The molecular formula is C13H13N3OS. The second kappa shape index (κ2) is 5.55. The van der Waals surface area contributed by atoms with Gasteiger partial charge in [-0.3, -0.25) is 0 Å². The van der Waals surface area contributed by atoms with Gasteiger partial charge in [-0.05, 0) is 31.2 Å². The largest absolute Gasteiger partial charge is 0.409 e. The van der Waals surface area contributed by atoms with E-state index in [0.717, 1.165) is 15.6 Å². The van der Waals surface area contributed by atoms with Crippen molar-refractivity contribution in [1.82, 2.24) is 4.98 Å². The lowest BCUT2D eigenvalue weighted by Crippen LogP contribution is -2.13. The second-order valence-electron chi connectivity index (χ2n) is 3.74. The number of nitrogens with two attached hydrogens (primary N) is 1. The quantitative estimate of drug-likeness (QED) is 0.385. The summed E-state index contributed by atoms with van der Waals surface area (Å²) in [4.78, 5) is 5.51. The van der Waals surface area contributed by atoms with Crippen molar-refractivity contribution in [2.75, 3.05) is 0 Å². The Hall–Kier alpha value is -2.01. The summed E-state index contributed by atoms with van der Waals surface area (Å²) in [7, 11) is 0. The lowest BCUT2D eigenvalue weighted by atomic mass is 10.2. The maximum Gasteiger partial charge on any atom is 0.170 e. The minimum Gasteiger partial charge on any atom is -0.409 e. The maximum atomic E-state index is 8.70. The molecule has 1 aromatic heterocycles. The Labute approximate surface area is 110 Å². The lowest BCUT2D eigenvalue weighted by molar-refractivity contribution is 0.318. The summed E-state index contributed by atoms with van der Waals surface area (Å²) in [6.45, 7) is 1.88. The zero-order valence-electron chi connectivity index (χ0n) is 9.87. The Kier molecular flexibility index (Phi) is 3.84. The number of pyridine rings is 1. The highest BCUT2D eigenvalue weighted by Crippen LogP contribution is 2.26. The van der Waals surface area contributed by atoms with Crippen LogP contribution in [-0.4, -0.2) is 16.0 Å². The van der Waals surface area contributed by atoms with Gasteiger partial charge in [-0.25, -0.2) is 4.98 Å². The van der Waals surface area contributed by atoms with Gasteiger partial charge in [-0.2, -0.15) is 0 Å². The molecule has 5 heteroatoms. The molecule has 4 nitrogen and oxygen atoms in total. The molecule has 0 atom stereocenters. The van der Waals surface area contributed by atoms with E-state index in [1.54, 1.807) is 23.9 Å². The van der Waals surface area contributed by atoms with Crippen molar-refractivity contribution in [3.63, 3.8) is 0 Å². The van der Waals surface area contributed by atoms with Crippen LogP contribution in [0.5, 0.6) is 0 Å². The van der Waals surface area contributed by atoms with Gasteiger partial charge in [0.05, 0.1) is 0 Å². The van der Waals surface area contributed by atoms with E-state index in [0.29, 0.717) is 5.56 Å². The minimum atomic E-state index is 0.0930. The van der Waals surface area contributed by atoms with Gasteiger partial charge in [0.1, 0.15) is 5.03 Å². The van der Waals surface area contributed by atoms with Crippen molar-refractivity contribution < 1.29 is 5.21 Å². The molecule has 2 aromatic rings. The molecule has 2 rings (SSSR count). The van der Waals surface area contributed by atoms with Gasteiger partial charge >= 0.3 is 0 Å². The van der Waals surface area contributed by atoms with E-state index in [-0.39, 0.29) is 5.84 Å². The van der Waals surface area contributed by atoms with Crippen molar-refractivity contribution in [3.8, 4) is 0 Å². The first-order valence-electron chi connectivity index (χ1n) is 5.38. The van der Waals surface area contributed by atoms with Crippen molar-refractivity contribution in [1.29, 1.82) is 0 Å². The Morgan fingerprint density at radius 3 is 2.67 bits per heavy atom. The normalized spacial score (nSPS) is 11.5. The number of hydrogen-bond donors (Lipinski definition) is 2. The third-order valence-electron chi connectivity index (χ3n) is 2.30. The summed E-state index contributed by atoms with van der Waals surface area (Å²) in [6, 6.07) is 13.5. The first-order valence-corrected chi connectivity index (χ1v) is 6.20. The van der Waals surface area contributed by atoms with Gasteiger partial charge in [0.25, 0.3) is 0 Å². The number of nitrogens with zero attached hydrogens (tertiary/aromatic N) is 2. The average molecular weight is 259 g/mol. The molecule has 0 unspecified atom stereocenters. The van der Waals surface area contributed by atoms with Gasteiger partial charge in [0.15, 0.2) is 5.84 Å². The Morgan fingerprint density at radius 1 is 1.28 bits per heavy atom. The van der Waals surface area contributed by atoms with Crippen molar-refractivity contribution >= 4 is 17.6 Å². The molecule has 0 aliphatic heterocycles. The molecule has 0 saturated heterocycles. The van der Waals surface area contributed by atoms with Crippen LogP contribution in [0, 0.1) is 6.92 Å². The van der Waals surface area contributed by atoms with Gasteiger partial charge in [0.2, 0.25) is 0 Å². The summed E-state index contributed by atoms with van der Waals surface area (Å²) in [6.07, 6.45) is 0. The number of benzene rings is 1. The number of amidine groups is 1. The summed E-state index contributed by atoms with van der Waals surface area (Å²) in [5.74, 6) is 0.0930. The zero-order valence-corrected chi connectivity index (χ0v) is 10.7. The minimum absolute atomic E-state index is 0.0930. The standard InChI is InChI=1S/C13H13N3OS/c1-9-7-10(13(14)16-17)8-12(15-9)18-11-5-3-2-4-6-11/h2-8,17H,1H3,(H2,14,16). The SMILES string of the molecule is Cc1cc(/C(N)=N/O)cc(Sc2ccccc2)n1. The maximum absolute atomic E-state index is 8.70. The van der Waals surface area contributed by atoms with Gasteiger partial charge in [0, 0.05) is 16.2 Å². The molecule has 1 heterocycles. The fourth-order valence-corrected chi connectivity index (χ4v) is 2.42. The first kappa shape index (κ1) is 12.4. The van der Waals surface area contributed by atoms with E-state index in [9.17, 15) is 0 Å². The molecule has 3 N–H and O–H groups in total. The van der Waals surface area contributed by atoms with E-state index < -0.39 is 0 Å². The fourth-order valence-electron chi connectivity index (χ4n) is 1.51. The molecule has 1 aromatic carbocycles. The van der Waals surface area contributed by atoms with E-state index >= 15 is 0 Å². The second-order valence-corrected chi connectivity index (χ2v) is 4.83. The number of oxime groups is 1. The summed E-state index contributed by atoms with van der Waals surface area (Å²) >= 11 is 1.54. The molecule has 0 spiro atoms. The van der Waals surface area contributed by atoms with Crippen LogP contribution in [0.15, 0.2) is 57.5 Å². The molecular weight excluding hydrogens is 246 g/mol. The topological polar surface area (TPSA) is 71.5 Å². The van der Waals surface area contributed by atoms with E-state index in [1.165, 1.54) is 0 Å². The van der Waals surface area contributed by atoms with Crippen molar-refractivity contribution in [2.24, 2.45) is 10.9 Å². The van der Waals surface area contributed by atoms with Crippen LogP contribution in [-0.2, 0) is 0 Å². The molecule has 0 saturated carbocycles. The molecule has 0 radical (unpaired) electrons. The van der Waals surface area contributed by atoms with Crippen LogP contribution >= 0.6 is 11.8 Å². The lowest BCUT2D eigenvalue weighted by Gasteiger charge is -2.05. The van der Waals surface area contributed by atoms with Crippen LogP contribution < -0.4 is 5.73 Å². The van der Waals surface area contributed by atoms with Gasteiger partial charge < -0.3 is 10.9 Å². The Bertz CT molecular complexity index is 570. The molecule has 0 aliphatic carbocycles. The van der Waals surface area contributed by atoms with Crippen molar-refractivity contribution in [3.05, 3.63) is 53.7 Å². The van der Waals surface area contributed by atoms with Crippen LogP contribution in [0.2, 0.25) is 0 Å². The Balaban J connectivity index is 2.31. The monoisotopic (exact) mass is 259 g/mol. The predicted octanol–water partition coefficient (Wildman–Crippen LogP) is 2.64. The smallest absolute Gasteiger partial charge is 0.170 e. The fraction of sp³-hybridized carbons (Fsp3) is 0.0769. The number of rotatable bonds is 3. The molecule has 0 fully saturated rings. The number of aryl methyl sites for hydroxylation is 1. The predicted molar refractivity (Wildman–Crippen MR) is 72.0 cm³/mol. The number of hydrogen-bond acceptors (Lipinski definition) is 4. The molecule has 92 valence electrons. The highest BCUT2D eigenvalue weighted by atomic mass is 32.2. The van der Waals surface area contributed by atoms with Crippen molar-refractivity contribution in [2.45, 2.75) is 16.8 Å².